The van der Waals surface area contributed by atoms with Crippen LogP contribution in [-0.4, -0.2) is 5.97 Å². The van der Waals surface area contributed by atoms with Gasteiger partial charge in [-0.3, -0.25) is 4.79 Å². The lowest BCUT2D eigenvalue weighted by Crippen LogP contribution is -2.17. The Bertz CT molecular complexity index is 558. The molecule has 2 rings (SSSR count). The van der Waals surface area contributed by atoms with Gasteiger partial charge < -0.3 is 10.5 Å². The molecule has 2 aromatic rings. The van der Waals surface area contributed by atoms with Crippen LogP contribution in [0.1, 0.15) is 23.6 Å². The number of ether oxygens (including phenoxy) is 1. The van der Waals surface area contributed by atoms with E-state index in [0.29, 0.717) is 5.02 Å². The standard InChI is InChI=1S/C16H16ClNO2.ClH/c17-14-8-6-13(7-9-14)15(18)10-16(19)20-11-12-4-2-1-3-5-12;/h1-9,15H,10-11,18H2;1H/t15-;/m1./s1. The molecule has 0 unspecified atom stereocenters. The number of carbonyl (C=O) groups is 1. The molecule has 0 radical (unpaired) electrons. The van der Waals surface area contributed by atoms with Crippen molar-refractivity contribution in [2.45, 2.75) is 19.1 Å². The summed E-state index contributed by atoms with van der Waals surface area (Å²) in [5.74, 6) is -0.309. The van der Waals surface area contributed by atoms with Crippen LogP contribution in [0.15, 0.2) is 54.6 Å². The topological polar surface area (TPSA) is 52.3 Å². The highest BCUT2D eigenvalue weighted by molar-refractivity contribution is 6.30. The van der Waals surface area contributed by atoms with Gasteiger partial charge >= 0.3 is 5.97 Å². The first kappa shape index (κ1) is 17.5. The van der Waals surface area contributed by atoms with Crippen LogP contribution < -0.4 is 5.73 Å². The molecule has 2 aromatic carbocycles. The average molecular weight is 326 g/mol. The molecule has 0 aliphatic rings. The Kier molecular flexibility index (Phi) is 7.23. The maximum absolute atomic E-state index is 11.7. The molecule has 0 fully saturated rings. The van der Waals surface area contributed by atoms with Gasteiger partial charge in [-0.25, -0.2) is 0 Å². The van der Waals surface area contributed by atoms with Gasteiger partial charge in [-0.1, -0.05) is 54.1 Å². The van der Waals surface area contributed by atoms with E-state index in [2.05, 4.69) is 0 Å². The summed E-state index contributed by atoms with van der Waals surface area (Å²) in [6.45, 7) is 0.271. The van der Waals surface area contributed by atoms with Crippen molar-refractivity contribution in [3.8, 4) is 0 Å². The molecule has 1 atom stereocenters. The van der Waals surface area contributed by atoms with E-state index in [4.69, 9.17) is 22.1 Å². The van der Waals surface area contributed by atoms with Gasteiger partial charge in [0.1, 0.15) is 6.61 Å². The summed E-state index contributed by atoms with van der Waals surface area (Å²) in [5, 5.41) is 0.646. The van der Waals surface area contributed by atoms with Gasteiger partial charge in [-0.15, -0.1) is 12.4 Å². The summed E-state index contributed by atoms with van der Waals surface area (Å²) < 4.78 is 5.20. The molecule has 21 heavy (non-hydrogen) atoms. The normalized spacial score (nSPS) is 11.3. The predicted molar refractivity (Wildman–Crippen MR) is 86.5 cm³/mol. The van der Waals surface area contributed by atoms with Crippen LogP contribution in [0.3, 0.4) is 0 Å². The molecule has 0 saturated heterocycles. The molecule has 0 amide bonds. The third kappa shape index (κ3) is 5.76. The van der Waals surface area contributed by atoms with E-state index >= 15 is 0 Å². The molecule has 0 heterocycles. The second-order valence-corrected chi connectivity index (χ2v) is 4.94. The molecular weight excluding hydrogens is 309 g/mol. The second-order valence-electron chi connectivity index (χ2n) is 4.51. The first-order chi connectivity index (χ1) is 9.65. The highest BCUT2D eigenvalue weighted by Crippen LogP contribution is 2.17. The fourth-order valence-corrected chi connectivity index (χ4v) is 1.93. The van der Waals surface area contributed by atoms with Crippen molar-refractivity contribution in [1.29, 1.82) is 0 Å². The van der Waals surface area contributed by atoms with Crippen LogP contribution in [0.5, 0.6) is 0 Å². The maximum Gasteiger partial charge on any atom is 0.308 e. The zero-order valence-corrected chi connectivity index (χ0v) is 12.9. The molecule has 0 aliphatic heterocycles. The fourth-order valence-electron chi connectivity index (χ4n) is 1.80. The molecule has 2 N–H and O–H groups in total. The van der Waals surface area contributed by atoms with Crippen molar-refractivity contribution < 1.29 is 9.53 Å². The smallest absolute Gasteiger partial charge is 0.308 e. The Hall–Kier alpha value is -1.55. The Labute approximate surface area is 135 Å². The number of hydrogen-bond donors (Lipinski definition) is 1. The molecule has 0 saturated carbocycles. The number of nitrogens with two attached hydrogens (primary N) is 1. The lowest BCUT2D eigenvalue weighted by atomic mass is 10.1. The Morgan fingerprint density at radius 3 is 2.33 bits per heavy atom. The number of rotatable bonds is 5. The van der Waals surface area contributed by atoms with Crippen molar-refractivity contribution in [1.82, 2.24) is 0 Å². The lowest BCUT2D eigenvalue weighted by molar-refractivity contribution is -0.145. The SMILES string of the molecule is Cl.N[C@H](CC(=O)OCc1ccccc1)c1ccc(Cl)cc1. The van der Waals surface area contributed by atoms with Gasteiger partial charge in [0, 0.05) is 11.1 Å². The van der Waals surface area contributed by atoms with Gasteiger partial charge in [0.2, 0.25) is 0 Å². The minimum atomic E-state index is -0.379. The van der Waals surface area contributed by atoms with Crippen LogP contribution in [0.2, 0.25) is 5.02 Å². The Morgan fingerprint density at radius 2 is 1.71 bits per heavy atom. The predicted octanol–water partition coefficient (Wildman–Crippen LogP) is 3.90. The zero-order valence-electron chi connectivity index (χ0n) is 11.4. The number of halogens is 2. The number of esters is 1. The third-order valence-electron chi connectivity index (χ3n) is 2.93. The van der Waals surface area contributed by atoms with Gasteiger partial charge in [0.25, 0.3) is 0 Å². The number of benzene rings is 2. The maximum atomic E-state index is 11.7. The first-order valence-electron chi connectivity index (χ1n) is 6.36. The van der Waals surface area contributed by atoms with Crippen LogP contribution in [-0.2, 0) is 16.1 Å². The highest BCUT2D eigenvalue weighted by Gasteiger charge is 2.12. The van der Waals surface area contributed by atoms with E-state index in [0.717, 1.165) is 11.1 Å². The van der Waals surface area contributed by atoms with E-state index in [1.165, 1.54) is 0 Å². The van der Waals surface area contributed by atoms with Gasteiger partial charge in [0.05, 0.1) is 6.42 Å². The minimum absolute atomic E-state index is 0. The molecule has 0 bridgehead atoms. The summed E-state index contributed by atoms with van der Waals surface area (Å²) in [5.41, 5.74) is 7.80. The lowest BCUT2D eigenvalue weighted by Gasteiger charge is -2.12. The van der Waals surface area contributed by atoms with Crippen molar-refractivity contribution in [2.75, 3.05) is 0 Å². The molecular formula is C16H17Cl2NO2. The summed E-state index contributed by atoms with van der Waals surface area (Å²) >= 11 is 5.81. The average Bonchev–Trinajstić information content (AvgIpc) is 2.47. The van der Waals surface area contributed by atoms with Gasteiger partial charge in [0.15, 0.2) is 0 Å². The summed E-state index contributed by atoms with van der Waals surface area (Å²) in [6.07, 6.45) is 0.147. The van der Waals surface area contributed by atoms with Crippen LogP contribution in [0.4, 0.5) is 0 Å². The first-order valence-corrected chi connectivity index (χ1v) is 6.73. The molecule has 0 spiro atoms. The van der Waals surface area contributed by atoms with Crippen LogP contribution in [0.25, 0.3) is 0 Å². The molecule has 112 valence electrons. The minimum Gasteiger partial charge on any atom is -0.461 e. The highest BCUT2D eigenvalue weighted by atomic mass is 35.5. The van der Waals surface area contributed by atoms with E-state index in [-0.39, 0.29) is 37.4 Å². The number of hydrogen-bond acceptors (Lipinski definition) is 3. The number of carbonyl (C=O) groups excluding carboxylic acids is 1. The molecule has 0 aromatic heterocycles. The third-order valence-corrected chi connectivity index (χ3v) is 3.18. The monoisotopic (exact) mass is 325 g/mol. The Balaban J connectivity index is 0.00000220. The molecule has 0 aliphatic carbocycles. The summed E-state index contributed by atoms with van der Waals surface area (Å²) in [4.78, 5) is 11.7. The fraction of sp³-hybridized carbons (Fsp3) is 0.188. The van der Waals surface area contributed by atoms with Crippen molar-refractivity contribution in [3.63, 3.8) is 0 Å². The van der Waals surface area contributed by atoms with Crippen LogP contribution in [0, 0.1) is 0 Å². The largest absolute Gasteiger partial charge is 0.461 e. The second kappa shape index (κ2) is 8.67. The van der Waals surface area contributed by atoms with E-state index in [9.17, 15) is 4.79 Å². The van der Waals surface area contributed by atoms with E-state index < -0.39 is 0 Å². The van der Waals surface area contributed by atoms with Gasteiger partial charge in [-0.2, -0.15) is 0 Å². The summed E-state index contributed by atoms with van der Waals surface area (Å²) in [7, 11) is 0. The molecule has 3 nitrogen and oxygen atoms in total. The zero-order chi connectivity index (χ0) is 14.4. The summed E-state index contributed by atoms with van der Waals surface area (Å²) in [6, 6.07) is 16.3. The Morgan fingerprint density at radius 1 is 1.10 bits per heavy atom. The molecule has 5 heteroatoms. The quantitative estimate of drug-likeness (QED) is 0.848. The van der Waals surface area contributed by atoms with Crippen molar-refractivity contribution >= 4 is 30.0 Å². The van der Waals surface area contributed by atoms with Crippen molar-refractivity contribution in [2.24, 2.45) is 5.73 Å². The van der Waals surface area contributed by atoms with E-state index in [1.807, 2.05) is 42.5 Å². The van der Waals surface area contributed by atoms with Gasteiger partial charge in [-0.05, 0) is 23.3 Å². The van der Waals surface area contributed by atoms with E-state index in [1.54, 1.807) is 12.1 Å². The van der Waals surface area contributed by atoms with Crippen LogP contribution >= 0.6 is 24.0 Å². The van der Waals surface area contributed by atoms with Crippen molar-refractivity contribution in [3.05, 3.63) is 70.7 Å².